The molecule has 0 amide bonds. The van der Waals surface area contributed by atoms with E-state index in [1.54, 1.807) is 24.3 Å². The molecule has 0 bridgehead atoms. The van der Waals surface area contributed by atoms with Crippen molar-refractivity contribution in [3.63, 3.8) is 0 Å². The van der Waals surface area contributed by atoms with E-state index in [1.165, 1.54) is 6.08 Å². The summed E-state index contributed by atoms with van der Waals surface area (Å²) in [6, 6.07) is 6.61. The van der Waals surface area contributed by atoms with E-state index in [2.05, 4.69) is 11.4 Å². The lowest BCUT2D eigenvalue weighted by Crippen LogP contribution is -2.45. The number of anilines is 1. The lowest BCUT2D eigenvalue weighted by Gasteiger charge is -2.08. The number of nitrogens with zero attached hydrogens (tertiary/aromatic N) is 2. The Morgan fingerprint density at radius 3 is 2.52 bits per heavy atom. The van der Waals surface area contributed by atoms with Crippen LogP contribution in [0.3, 0.4) is 0 Å². The van der Waals surface area contributed by atoms with Crippen molar-refractivity contribution in [1.82, 2.24) is 4.57 Å². The second kappa shape index (κ2) is 6.07. The first-order valence-electron chi connectivity index (χ1n) is 6.46. The van der Waals surface area contributed by atoms with Crippen LogP contribution in [0.5, 0.6) is 5.88 Å². The van der Waals surface area contributed by atoms with E-state index in [0.717, 1.165) is 0 Å². The summed E-state index contributed by atoms with van der Waals surface area (Å²) < 4.78 is 0.632. The predicted molar refractivity (Wildman–Crippen MR) is 85.5 cm³/mol. The molecule has 1 heterocycles. The Bertz CT molecular complexity index is 982. The summed E-state index contributed by atoms with van der Waals surface area (Å²) in [6.07, 6.45) is 1.47. The first-order chi connectivity index (χ1) is 10.8. The Kier molecular flexibility index (Phi) is 4.18. The van der Waals surface area contributed by atoms with Gasteiger partial charge in [0.25, 0.3) is 11.2 Å². The number of pyridine rings is 1. The zero-order valence-corrected chi connectivity index (χ0v) is 12.0. The maximum absolute atomic E-state index is 12.4. The molecular formula is C16H13N3O4. The standard InChI is InChI=1S/C16H13N3O4/c1-9-12(7-10-3-5-11(17)6-4-10)15(22)19(8-13(20)21)16(23)14(9)18-2/h3-7,23H,1,8,17H2,(H,20,21). The van der Waals surface area contributed by atoms with Crippen molar-refractivity contribution >= 4 is 30.0 Å². The number of carboxylic acid groups (broad SMARTS) is 1. The highest BCUT2D eigenvalue weighted by molar-refractivity contribution is 5.68. The SMILES string of the molecule is [C-]#[N+]c1c(O)n(CC(=O)O)c(=O)c(=Cc2ccc(N)cc2)c1=C. The van der Waals surface area contributed by atoms with Gasteiger partial charge in [0.15, 0.2) is 5.88 Å². The molecule has 2 rings (SSSR count). The van der Waals surface area contributed by atoms with Crippen molar-refractivity contribution in [1.29, 1.82) is 0 Å². The minimum absolute atomic E-state index is 0.0415. The Morgan fingerprint density at radius 1 is 1.39 bits per heavy atom. The van der Waals surface area contributed by atoms with E-state index in [1.807, 2.05) is 0 Å². The lowest BCUT2D eigenvalue weighted by molar-refractivity contribution is -0.137. The third-order valence-electron chi connectivity index (χ3n) is 3.21. The number of carboxylic acids is 1. The van der Waals surface area contributed by atoms with Crippen LogP contribution in [0.25, 0.3) is 17.5 Å². The molecule has 1 aromatic heterocycles. The third-order valence-corrected chi connectivity index (χ3v) is 3.21. The van der Waals surface area contributed by atoms with Crippen LogP contribution in [0.1, 0.15) is 5.56 Å². The molecule has 7 nitrogen and oxygen atoms in total. The van der Waals surface area contributed by atoms with Crippen molar-refractivity contribution in [2.45, 2.75) is 6.54 Å². The van der Waals surface area contributed by atoms with E-state index >= 15 is 0 Å². The molecule has 0 radical (unpaired) electrons. The number of nitrogen functional groups attached to an aromatic ring is 1. The van der Waals surface area contributed by atoms with Gasteiger partial charge in [0.2, 0.25) is 0 Å². The fraction of sp³-hybridized carbons (Fsp3) is 0.0625. The average molecular weight is 311 g/mol. The summed E-state index contributed by atoms with van der Waals surface area (Å²) in [6.45, 7) is 10.0. The summed E-state index contributed by atoms with van der Waals surface area (Å²) in [5.74, 6) is -2.01. The molecule has 0 unspecified atom stereocenters. The number of hydrogen-bond acceptors (Lipinski definition) is 4. The zero-order chi connectivity index (χ0) is 17.1. The van der Waals surface area contributed by atoms with Crippen LogP contribution >= 0.6 is 0 Å². The largest absolute Gasteiger partial charge is 0.503 e. The Morgan fingerprint density at radius 2 is 2.00 bits per heavy atom. The van der Waals surface area contributed by atoms with Crippen LogP contribution in [-0.4, -0.2) is 20.7 Å². The van der Waals surface area contributed by atoms with E-state index in [0.29, 0.717) is 15.8 Å². The topological polar surface area (TPSA) is 110 Å². The van der Waals surface area contributed by atoms with Gasteiger partial charge < -0.3 is 15.9 Å². The average Bonchev–Trinajstić information content (AvgIpc) is 2.50. The summed E-state index contributed by atoms with van der Waals surface area (Å²) in [4.78, 5) is 26.4. The minimum Gasteiger partial charge on any atom is -0.503 e. The van der Waals surface area contributed by atoms with Crippen LogP contribution in [-0.2, 0) is 11.3 Å². The highest BCUT2D eigenvalue weighted by Gasteiger charge is 2.15. The highest BCUT2D eigenvalue weighted by atomic mass is 16.4. The van der Waals surface area contributed by atoms with Crippen molar-refractivity contribution in [2.24, 2.45) is 0 Å². The molecule has 0 saturated carbocycles. The number of aromatic nitrogens is 1. The maximum Gasteiger partial charge on any atom is 0.323 e. The molecule has 0 aliphatic carbocycles. The predicted octanol–water partition coefficient (Wildman–Crippen LogP) is 0.0106. The molecule has 116 valence electrons. The van der Waals surface area contributed by atoms with Gasteiger partial charge >= 0.3 is 5.97 Å². The number of hydrogen-bond donors (Lipinski definition) is 3. The maximum atomic E-state index is 12.4. The molecule has 1 aromatic carbocycles. The second-order valence-electron chi connectivity index (χ2n) is 4.77. The number of benzene rings is 1. The molecule has 2 aromatic rings. The fourth-order valence-electron chi connectivity index (χ4n) is 2.07. The van der Waals surface area contributed by atoms with Crippen LogP contribution in [0.4, 0.5) is 11.4 Å². The van der Waals surface area contributed by atoms with Crippen molar-refractivity contribution < 1.29 is 15.0 Å². The van der Waals surface area contributed by atoms with Crippen LogP contribution in [0.15, 0.2) is 29.1 Å². The molecular weight excluding hydrogens is 298 g/mol. The first kappa shape index (κ1) is 15.9. The van der Waals surface area contributed by atoms with Crippen LogP contribution < -0.4 is 21.7 Å². The molecule has 0 aliphatic heterocycles. The van der Waals surface area contributed by atoms with Crippen LogP contribution in [0.2, 0.25) is 0 Å². The fourth-order valence-corrected chi connectivity index (χ4v) is 2.07. The van der Waals surface area contributed by atoms with Gasteiger partial charge in [0.1, 0.15) is 6.54 Å². The van der Waals surface area contributed by atoms with Gasteiger partial charge in [0, 0.05) is 10.9 Å². The van der Waals surface area contributed by atoms with Crippen molar-refractivity contribution in [3.05, 3.63) is 62.0 Å². The van der Waals surface area contributed by atoms with Crippen LogP contribution in [0, 0.1) is 6.57 Å². The molecule has 0 spiro atoms. The van der Waals surface area contributed by atoms with Gasteiger partial charge in [-0.25, -0.2) is 4.85 Å². The Hall–Kier alpha value is -3.53. The quantitative estimate of drug-likeness (QED) is 0.546. The molecule has 0 aliphatic rings. The monoisotopic (exact) mass is 311 g/mol. The molecule has 4 N–H and O–H groups in total. The molecule has 0 saturated heterocycles. The van der Waals surface area contributed by atoms with E-state index in [9.17, 15) is 14.7 Å². The Balaban J connectivity index is 2.86. The van der Waals surface area contributed by atoms with Crippen molar-refractivity contribution in [2.75, 3.05) is 5.73 Å². The minimum atomic E-state index is -1.31. The summed E-state index contributed by atoms with van der Waals surface area (Å²) in [5.41, 5.74) is 5.78. The highest BCUT2D eigenvalue weighted by Crippen LogP contribution is 2.18. The molecule has 23 heavy (non-hydrogen) atoms. The van der Waals surface area contributed by atoms with Gasteiger partial charge in [-0.1, -0.05) is 12.1 Å². The van der Waals surface area contributed by atoms with E-state index in [-0.39, 0.29) is 16.1 Å². The van der Waals surface area contributed by atoms with E-state index in [4.69, 9.17) is 17.4 Å². The number of aliphatic carboxylic acids is 1. The normalized spacial score (nSPS) is 11.2. The molecule has 7 heteroatoms. The van der Waals surface area contributed by atoms with Crippen molar-refractivity contribution in [3.8, 4) is 5.88 Å². The Labute approximate surface area is 130 Å². The number of rotatable bonds is 3. The van der Waals surface area contributed by atoms with Gasteiger partial charge in [-0.3, -0.25) is 14.2 Å². The second-order valence-corrected chi connectivity index (χ2v) is 4.77. The third kappa shape index (κ3) is 3.06. The lowest BCUT2D eigenvalue weighted by atomic mass is 10.1. The summed E-state index contributed by atoms with van der Waals surface area (Å²) in [5, 5.41) is 18.9. The van der Waals surface area contributed by atoms with Gasteiger partial charge in [-0.15, -0.1) is 6.58 Å². The summed E-state index contributed by atoms with van der Waals surface area (Å²) in [7, 11) is 0. The van der Waals surface area contributed by atoms with E-state index < -0.39 is 24.0 Å². The number of carbonyl (C=O) groups is 1. The molecule has 0 atom stereocenters. The van der Waals surface area contributed by atoms with Gasteiger partial charge in [-0.2, -0.15) is 0 Å². The molecule has 0 fully saturated rings. The summed E-state index contributed by atoms with van der Waals surface area (Å²) >= 11 is 0. The zero-order valence-electron chi connectivity index (χ0n) is 12.0. The van der Waals surface area contributed by atoms with Gasteiger partial charge in [0.05, 0.1) is 6.57 Å². The number of nitrogens with two attached hydrogens (primary N) is 1. The number of aromatic hydroxyl groups is 1. The smallest absolute Gasteiger partial charge is 0.323 e. The van der Waals surface area contributed by atoms with Gasteiger partial charge in [-0.05, 0) is 29.0 Å². The first-order valence-corrected chi connectivity index (χ1v) is 6.46.